The molecule has 0 amide bonds. The average molecular weight is 518 g/mol. The fourth-order valence-corrected chi connectivity index (χ4v) is 5.75. The normalized spacial score (nSPS) is 12.0. The first-order chi connectivity index (χ1) is 19.8. The highest BCUT2D eigenvalue weighted by atomic mass is 16.3. The minimum Gasteiger partial charge on any atom is -0.456 e. The topological polar surface area (TPSA) is 68.4 Å². The lowest BCUT2D eigenvalue weighted by Crippen LogP contribution is -2.13. The molecule has 0 aliphatic rings. The first kappa shape index (κ1) is 21.3. The number of anilines is 3. The van der Waals surface area contributed by atoms with Crippen molar-refractivity contribution in [3.05, 3.63) is 115 Å². The highest BCUT2D eigenvalue weighted by Crippen LogP contribution is 2.43. The Morgan fingerprint density at radius 1 is 0.400 bits per heavy atom. The minimum absolute atomic E-state index is 0.567. The molecule has 0 atom stereocenters. The molecule has 5 aromatic heterocycles. The van der Waals surface area contributed by atoms with Gasteiger partial charge in [0.1, 0.15) is 34.0 Å². The van der Waals surface area contributed by atoms with Gasteiger partial charge in [-0.2, -0.15) is 9.97 Å². The van der Waals surface area contributed by atoms with Gasteiger partial charge in [-0.1, -0.05) is 60.7 Å². The Labute approximate surface area is 226 Å². The van der Waals surface area contributed by atoms with E-state index in [4.69, 9.17) is 23.2 Å². The zero-order valence-electron chi connectivity index (χ0n) is 21.0. The van der Waals surface area contributed by atoms with E-state index in [1.807, 2.05) is 83.8 Å². The van der Waals surface area contributed by atoms with Crippen LogP contribution in [0.2, 0.25) is 0 Å². The lowest BCUT2D eigenvalue weighted by atomic mass is 10.1. The van der Waals surface area contributed by atoms with E-state index in [1.165, 1.54) is 0 Å². The molecular formula is C34H19N3O3. The Hall–Kier alpha value is -5.62. The second-order valence-electron chi connectivity index (χ2n) is 9.82. The third-order valence-electron chi connectivity index (χ3n) is 7.54. The number of rotatable bonds is 3. The Morgan fingerprint density at radius 2 is 0.900 bits per heavy atom. The third kappa shape index (κ3) is 2.98. The largest absolute Gasteiger partial charge is 0.456 e. The average Bonchev–Trinajstić information content (AvgIpc) is 3.68. The second-order valence-corrected chi connectivity index (χ2v) is 9.82. The monoisotopic (exact) mass is 517 g/mol. The summed E-state index contributed by atoms with van der Waals surface area (Å²) in [7, 11) is 0. The SMILES string of the molecule is c1ccc2c(c1)oc1nc(N(c3ccc4c(n3)oc3ccccc34)c3cccc4oc5ccccc5c34)ccc12. The van der Waals surface area contributed by atoms with Gasteiger partial charge in [0.25, 0.3) is 0 Å². The summed E-state index contributed by atoms with van der Waals surface area (Å²) in [6.45, 7) is 0. The number of aromatic nitrogens is 2. The molecule has 0 N–H and O–H groups in total. The predicted octanol–water partition coefficient (Wildman–Crippen LogP) is 9.64. The minimum atomic E-state index is 0.567. The van der Waals surface area contributed by atoms with Gasteiger partial charge in [0, 0.05) is 26.9 Å². The zero-order valence-corrected chi connectivity index (χ0v) is 21.0. The smallest absolute Gasteiger partial charge is 0.229 e. The molecule has 188 valence electrons. The molecule has 0 saturated carbocycles. The summed E-state index contributed by atoms with van der Waals surface area (Å²) in [6.07, 6.45) is 0. The van der Waals surface area contributed by atoms with Crippen molar-refractivity contribution in [2.45, 2.75) is 0 Å². The fourth-order valence-electron chi connectivity index (χ4n) is 5.75. The summed E-state index contributed by atoms with van der Waals surface area (Å²) in [4.78, 5) is 12.1. The molecule has 6 nitrogen and oxygen atoms in total. The number of benzene rings is 4. The van der Waals surface area contributed by atoms with Gasteiger partial charge >= 0.3 is 0 Å². The first-order valence-electron chi connectivity index (χ1n) is 13.1. The Kier molecular flexibility index (Phi) is 4.24. The van der Waals surface area contributed by atoms with Crippen molar-refractivity contribution >= 4 is 83.4 Å². The fraction of sp³-hybridized carbons (Fsp3) is 0. The van der Waals surface area contributed by atoms with Crippen LogP contribution in [-0.2, 0) is 0 Å². The van der Waals surface area contributed by atoms with Crippen molar-refractivity contribution in [2.75, 3.05) is 4.90 Å². The molecule has 0 bridgehead atoms. The Bertz CT molecular complexity index is 2300. The van der Waals surface area contributed by atoms with Crippen LogP contribution in [0.1, 0.15) is 0 Å². The number of para-hydroxylation sites is 3. The van der Waals surface area contributed by atoms with E-state index in [2.05, 4.69) is 36.4 Å². The lowest BCUT2D eigenvalue weighted by molar-refractivity contribution is 0.653. The van der Waals surface area contributed by atoms with E-state index in [0.717, 1.165) is 60.3 Å². The number of nitrogens with zero attached hydrogens (tertiary/aromatic N) is 3. The van der Waals surface area contributed by atoms with Crippen LogP contribution >= 0.6 is 0 Å². The van der Waals surface area contributed by atoms with Crippen molar-refractivity contribution in [1.82, 2.24) is 9.97 Å². The number of hydrogen-bond donors (Lipinski definition) is 0. The van der Waals surface area contributed by atoms with Gasteiger partial charge < -0.3 is 13.3 Å². The van der Waals surface area contributed by atoms with Crippen LogP contribution in [0.15, 0.2) is 129 Å². The van der Waals surface area contributed by atoms with Crippen LogP contribution in [0.4, 0.5) is 17.3 Å². The van der Waals surface area contributed by atoms with E-state index < -0.39 is 0 Å². The summed E-state index contributed by atoms with van der Waals surface area (Å²) in [5.41, 5.74) is 5.25. The van der Waals surface area contributed by atoms with E-state index in [0.29, 0.717) is 23.1 Å². The maximum absolute atomic E-state index is 6.23. The molecule has 0 aliphatic heterocycles. The molecule has 0 fully saturated rings. The quantitative estimate of drug-likeness (QED) is 0.232. The van der Waals surface area contributed by atoms with E-state index in [-0.39, 0.29) is 0 Å². The summed E-state index contributed by atoms with van der Waals surface area (Å²) < 4.78 is 18.6. The van der Waals surface area contributed by atoms with Gasteiger partial charge in [-0.25, -0.2) is 0 Å². The zero-order chi connectivity index (χ0) is 26.2. The molecule has 9 aromatic rings. The van der Waals surface area contributed by atoms with Gasteiger partial charge in [0.05, 0.1) is 11.1 Å². The van der Waals surface area contributed by atoms with Crippen molar-refractivity contribution < 1.29 is 13.3 Å². The van der Waals surface area contributed by atoms with Crippen LogP contribution in [0.3, 0.4) is 0 Å². The number of pyridine rings is 2. The lowest BCUT2D eigenvalue weighted by Gasteiger charge is -2.23. The molecule has 9 rings (SSSR count). The van der Waals surface area contributed by atoms with Crippen LogP contribution < -0.4 is 4.90 Å². The number of furan rings is 3. The summed E-state index contributed by atoms with van der Waals surface area (Å²) >= 11 is 0. The molecule has 0 unspecified atom stereocenters. The highest BCUT2D eigenvalue weighted by molar-refractivity contribution is 6.13. The second kappa shape index (κ2) is 7.94. The van der Waals surface area contributed by atoms with Gasteiger partial charge in [0.15, 0.2) is 0 Å². The Balaban J connectivity index is 1.35. The summed E-state index contributed by atoms with van der Waals surface area (Å²) in [5.74, 6) is 1.35. The predicted molar refractivity (Wildman–Crippen MR) is 159 cm³/mol. The van der Waals surface area contributed by atoms with Crippen molar-refractivity contribution in [2.24, 2.45) is 0 Å². The van der Waals surface area contributed by atoms with Gasteiger partial charge in [-0.3, -0.25) is 4.90 Å². The van der Waals surface area contributed by atoms with E-state index in [1.54, 1.807) is 0 Å². The molecule has 0 radical (unpaired) electrons. The number of fused-ring (bicyclic) bond motifs is 9. The summed E-state index contributed by atoms with van der Waals surface area (Å²) in [6, 6.07) is 38.2. The van der Waals surface area contributed by atoms with Crippen LogP contribution in [0.5, 0.6) is 0 Å². The first-order valence-corrected chi connectivity index (χ1v) is 13.1. The van der Waals surface area contributed by atoms with Crippen LogP contribution in [0.25, 0.3) is 66.1 Å². The highest BCUT2D eigenvalue weighted by Gasteiger charge is 2.23. The van der Waals surface area contributed by atoms with Gasteiger partial charge in [-0.05, 0) is 54.6 Å². The molecule has 0 spiro atoms. The molecule has 0 aliphatic carbocycles. The molecule has 4 aromatic carbocycles. The van der Waals surface area contributed by atoms with Crippen molar-refractivity contribution in [3.63, 3.8) is 0 Å². The van der Waals surface area contributed by atoms with Crippen LogP contribution in [0, 0.1) is 0 Å². The molecule has 0 saturated heterocycles. The van der Waals surface area contributed by atoms with E-state index in [9.17, 15) is 0 Å². The van der Waals surface area contributed by atoms with E-state index >= 15 is 0 Å². The molecular weight excluding hydrogens is 498 g/mol. The van der Waals surface area contributed by atoms with Crippen molar-refractivity contribution in [1.29, 1.82) is 0 Å². The van der Waals surface area contributed by atoms with Crippen molar-refractivity contribution in [3.8, 4) is 0 Å². The maximum atomic E-state index is 6.23. The standard InChI is InChI=1S/C34H19N3O3/c1-4-12-26-20(8-1)22-16-18-30(35-33(22)39-26)37(25-11-7-15-29-32(25)24-10-3-6-14-28(24)38-29)31-19-17-23-21-9-2-5-13-27(21)40-34(23)36-31/h1-19H. The third-order valence-corrected chi connectivity index (χ3v) is 7.54. The maximum Gasteiger partial charge on any atom is 0.229 e. The molecule has 40 heavy (non-hydrogen) atoms. The summed E-state index contributed by atoms with van der Waals surface area (Å²) in [5, 5.41) is 6.00. The molecule has 6 heteroatoms. The number of hydrogen-bond acceptors (Lipinski definition) is 6. The molecule has 5 heterocycles. The van der Waals surface area contributed by atoms with Gasteiger partial charge in [-0.15, -0.1) is 0 Å². The van der Waals surface area contributed by atoms with Gasteiger partial charge in [0.2, 0.25) is 11.4 Å². The Morgan fingerprint density at radius 3 is 1.50 bits per heavy atom. The van der Waals surface area contributed by atoms with Crippen LogP contribution in [-0.4, -0.2) is 9.97 Å².